The smallest absolute Gasteiger partial charge is 0.133 e. The molecule has 0 radical (unpaired) electrons. The third-order valence-corrected chi connectivity index (χ3v) is 5.07. The van der Waals surface area contributed by atoms with Gasteiger partial charge in [-0.3, -0.25) is 0 Å². The van der Waals surface area contributed by atoms with Gasteiger partial charge in [-0.15, -0.1) is 11.8 Å². The third-order valence-electron chi connectivity index (χ3n) is 3.93. The van der Waals surface area contributed by atoms with Crippen molar-refractivity contribution in [2.45, 2.75) is 30.4 Å². The number of para-hydroxylation sites is 1. The molecule has 0 saturated heterocycles. The molecule has 3 heteroatoms. The summed E-state index contributed by atoms with van der Waals surface area (Å²) < 4.78 is 6.20. The second-order valence-corrected chi connectivity index (χ2v) is 6.56. The Bertz CT molecular complexity index is 596. The van der Waals surface area contributed by atoms with Crippen LogP contribution in [-0.2, 0) is 6.42 Å². The van der Waals surface area contributed by atoms with Crippen molar-refractivity contribution in [1.82, 2.24) is 5.32 Å². The molecule has 1 aliphatic rings. The first kappa shape index (κ1) is 14.5. The van der Waals surface area contributed by atoms with Crippen molar-refractivity contribution in [3.63, 3.8) is 0 Å². The molecule has 3 rings (SSSR count). The molecule has 0 aliphatic carbocycles. The van der Waals surface area contributed by atoms with E-state index in [1.54, 1.807) is 0 Å². The van der Waals surface area contributed by atoms with Crippen molar-refractivity contribution in [2.75, 3.05) is 12.8 Å². The van der Waals surface area contributed by atoms with E-state index in [0.717, 1.165) is 17.9 Å². The van der Waals surface area contributed by atoms with Crippen molar-refractivity contribution in [1.29, 1.82) is 0 Å². The van der Waals surface area contributed by atoms with E-state index in [1.807, 2.05) is 24.9 Å². The van der Waals surface area contributed by atoms with Crippen LogP contribution in [0.3, 0.4) is 0 Å². The fraction of sp³-hybridized carbons (Fsp3) is 0.333. The average Bonchev–Trinajstić information content (AvgIpc) is 2.54. The highest BCUT2D eigenvalue weighted by Crippen LogP contribution is 2.36. The van der Waals surface area contributed by atoms with Gasteiger partial charge in [0.25, 0.3) is 0 Å². The van der Waals surface area contributed by atoms with E-state index in [4.69, 9.17) is 4.74 Å². The topological polar surface area (TPSA) is 21.3 Å². The quantitative estimate of drug-likeness (QED) is 0.930. The van der Waals surface area contributed by atoms with E-state index in [-0.39, 0.29) is 6.10 Å². The van der Waals surface area contributed by atoms with Gasteiger partial charge in [-0.1, -0.05) is 42.0 Å². The Morgan fingerprint density at radius 2 is 1.95 bits per heavy atom. The van der Waals surface area contributed by atoms with Crippen LogP contribution in [0.5, 0.6) is 5.75 Å². The average molecular weight is 299 g/mol. The highest BCUT2D eigenvalue weighted by molar-refractivity contribution is 7.99. The summed E-state index contributed by atoms with van der Waals surface area (Å²) in [6.07, 6.45) is 1.20. The van der Waals surface area contributed by atoms with Crippen LogP contribution in [-0.4, -0.2) is 24.9 Å². The van der Waals surface area contributed by atoms with Gasteiger partial charge in [0, 0.05) is 16.7 Å². The fourth-order valence-corrected chi connectivity index (χ4v) is 3.71. The van der Waals surface area contributed by atoms with Gasteiger partial charge in [0.05, 0.1) is 0 Å². The monoisotopic (exact) mass is 299 g/mol. The number of fused-ring (bicyclic) bond motifs is 1. The molecule has 2 unspecified atom stereocenters. The van der Waals surface area contributed by atoms with Crippen LogP contribution in [0.4, 0.5) is 0 Å². The number of benzene rings is 2. The molecule has 0 fully saturated rings. The zero-order valence-corrected chi connectivity index (χ0v) is 13.3. The van der Waals surface area contributed by atoms with Crippen molar-refractivity contribution < 1.29 is 4.74 Å². The van der Waals surface area contributed by atoms with E-state index in [1.165, 1.54) is 16.0 Å². The summed E-state index contributed by atoms with van der Waals surface area (Å²) in [6, 6.07) is 17.4. The second-order valence-electron chi connectivity index (χ2n) is 5.50. The molecule has 0 amide bonds. The molecule has 2 atom stereocenters. The van der Waals surface area contributed by atoms with Gasteiger partial charge in [-0.05, 0) is 38.1 Å². The van der Waals surface area contributed by atoms with Crippen LogP contribution in [0.25, 0.3) is 0 Å². The van der Waals surface area contributed by atoms with E-state index in [0.29, 0.717) is 6.04 Å². The first-order valence-electron chi connectivity index (χ1n) is 7.37. The van der Waals surface area contributed by atoms with Crippen LogP contribution >= 0.6 is 11.8 Å². The Hall–Kier alpha value is -1.45. The van der Waals surface area contributed by atoms with Gasteiger partial charge in [-0.25, -0.2) is 0 Å². The van der Waals surface area contributed by atoms with E-state index in [2.05, 4.69) is 54.7 Å². The molecule has 0 spiro atoms. The molecule has 2 nitrogen and oxygen atoms in total. The van der Waals surface area contributed by atoms with Crippen molar-refractivity contribution in [3.05, 3.63) is 59.7 Å². The minimum atomic E-state index is 0.205. The number of nitrogens with one attached hydrogen (secondary N) is 1. The summed E-state index contributed by atoms with van der Waals surface area (Å²) in [4.78, 5) is 1.25. The lowest BCUT2D eigenvalue weighted by atomic mass is 10.0. The predicted molar refractivity (Wildman–Crippen MR) is 89.3 cm³/mol. The van der Waals surface area contributed by atoms with E-state index >= 15 is 0 Å². The predicted octanol–water partition coefficient (Wildman–Crippen LogP) is 3.68. The first-order chi connectivity index (χ1) is 10.3. The molecule has 0 aromatic heterocycles. The van der Waals surface area contributed by atoms with E-state index in [9.17, 15) is 0 Å². The Morgan fingerprint density at radius 3 is 2.71 bits per heavy atom. The fourth-order valence-electron chi connectivity index (χ4n) is 2.63. The highest BCUT2D eigenvalue weighted by Gasteiger charge is 2.27. The minimum absolute atomic E-state index is 0.205. The summed E-state index contributed by atoms with van der Waals surface area (Å²) in [7, 11) is 2.02. The van der Waals surface area contributed by atoms with Gasteiger partial charge >= 0.3 is 0 Å². The maximum Gasteiger partial charge on any atom is 0.133 e. The molecular weight excluding hydrogens is 278 g/mol. The Kier molecular flexibility index (Phi) is 4.51. The number of hydrogen-bond acceptors (Lipinski definition) is 3. The van der Waals surface area contributed by atoms with Crippen molar-refractivity contribution in [3.8, 4) is 5.75 Å². The SMILES string of the molecule is CNC(Cc1ccc(C)cc1)C1CSc2ccccc2O1. The normalized spacial score (nSPS) is 18.7. The van der Waals surface area contributed by atoms with Crippen molar-refractivity contribution >= 4 is 11.8 Å². The lowest BCUT2D eigenvalue weighted by Crippen LogP contribution is -2.45. The summed E-state index contributed by atoms with van der Waals surface area (Å²) in [5.74, 6) is 2.01. The van der Waals surface area contributed by atoms with Crippen LogP contribution in [0.2, 0.25) is 0 Å². The number of aryl methyl sites for hydroxylation is 1. The lowest BCUT2D eigenvalue weighted by molar-refractivity contribution is 0.169. The number of ether oxygens (including phenoxy) is 1. The molecule has 0 saturated carbocycles. The van der Waals surface area contributed by atoms with E-state index < -0.39 is 0 Å². The largest absolute Gasteiger partial charge is 0.487 e. The van der Waals surface area contributed by atoms with Gasteiger partial charge < -0.3 is 10.1 Å². The molecule has 2 aromatic rings. The van der Waals surface area contributed by atoms with Crippen LogP contribution < -0.4 is 10.1 Å². The molecule has 110 valence electrons. The standard InChI is InChI=1S/C18H21NOS/c1-13-7-9-14(10-8-13)11-15(19-2)17-12-21-18-6-4-3-5-16(18)20-17/h3-10,15,17,19H,11-12H2,1-2H3. The summed E-state index contributed by atoms with van der Waals surface area (Å²) in [5, 5.41) is 3.43. The van der Waals surface area contributed by atoms with Gasteiger partial charge in [-0.2, -0.15) is 0 Å². The van der Waals surface area contributed by atoms with Crippen molar-refractivity contribution in [2.24, 2.45) is 0 Å². The van der Waals surface area contributed by atoms with Crippen LogP contribution in [0.1, 0.15) is 11.1 Å². The van der Waals surface area contributed by atoms with Gasteiger partial charge in [0.2, 0.25) is 0 Å². The van der Waals surface area contributed by atoms with Gasteiger partial charge in [0.15, 0.2) is 0 Å². The Morgan fingerprint density at radius 1 is 1.19 bits per heavy atom. The molecule has 1 heterocycles. The molecule has 1 aliphatic heterocycles. The Balaban J connectivity index is 1.71. The second kappa shape index (κ2) is 6.54. The van der Waals surface area contributed by atoms with Crippen LogP contribution in [0, 0.1) is 6.92 Å². The number of rotatable bonds is 4. The molecule has 21 heavy (non-hydrogen) atoms. The maximum atomic E-state index is 6.20. The lowest BCUT2D eigenvalue weighted by Gasteiger charge is -2.31. The van der Waals surface area contributed by atoms with Crippen LogP contribution in [0.15, 0.2) is 53.4 Å². The minimum Gasteiger partial charge on any atom is -0.487 e. The number of hydrogen-bond donors (Lipinski definition) is 1. The number of thioether (sulfide) groups is 1. The zero-order chi connectivity index (χ0) is 14.7. The number of likely N-dealkylation sites (N-methyl/N-ethyl adjacent to an activating group) is 1. The van der Waals surface area contributed by atoms with Gasteiger partial charge in [0.1, 0.15) is 11.9 Å². The molecule has 2 aromatic carbocycles. The summed E-state index contributed by atoms with van der Waals surface area (Å²) >= 11 is 1.89. The molecular formula is C18H21NOS. The summed E-state index contributed by atoms with van der Waals surface area (Å²) in [5.41, 5.74) is 2.66. The maximum absolute atomic E-state index is 6.20. The Labute approximate surface area is 130 Å². The first-order valence-corrected chi connectivity index (χ1v) is 8.36. The zero-order valence-electron chi connectivity index (χ0n) is 12.5. The molecule has 1 N–H and O–H groups in total. The highest BCUT2D eigenvalue weighted by atomic mass is 32.2. The summed E-state index contributed by atoms with van der Waals surface area (Å²) in [6.45, 7) is 2.12. The third kappa shape index (κ3) is 3.42. The molecule has 0 bridgehead atoms.